The number of fused-ring (bicyclic) bond motifs is 2. The smallest absolute Gasteiger partial charge is 0.302 e. The van der Waals surface area contributed by atoms with Gasteiger partial charge in [-0.1, -0.05) is 24.3 Å². The second-order valence-corrected chi connectivity index (χ2v) is 5.92. The first-order valence-corrected chi connectivity index (χ1v) is 7.99. The molecule has 1 aliphatic rings. The zero-order valence-electron chi connectivity index (χ0n) is 14.3. The molecule has 26 heavy (non-hydrogen) atoms. The van der Waals surface area contributed by atoms with Gasteiger partial charge in [-0.15, -0.1) is 0 Å². The van der Waals surface area contributed by atoms with Gasteiger partial charge in [0, 0.05) is 36.1 Å². The van der Waals surface area contributed by atoms with Crippen molar-refractivity contribution in [1.82, 2.24) is 0 Å². The van der Waals surface area contributed by atoms with E-state index in [2.05, 4.69) is 0 Å². The van der Waals surface area contributed by atoms with Crippen molar-refractivity contribution in [3.8, 4) is 0 Å². The minimum absolute atomic E-state index is 0.0363. The first kappa shape index (κ1) is 17.5. The van der Waals surface area contributed by atoms with Crippen LogP contribution in [0.1, 0.15) is 34.6 Å². The van der Waals surface area contributed by atoms with Crippen molar-refractivity contribution in [3.05, 3.63) is 58.7 Å². The van der Waals surface area contributed by atoms with Crippen LogP contribution in [0, 0.1) is 0 Å². The number of benzene rings is 2. The molecule has 2 aromatic carbocycles. The number of hydrogen-bond acceptors (Lipinski definition) is 6. The van der Waals surface area contributed by atoms with E-state index in [0.29, 0.717) is 0 Å². The fourth-order valence-electron chi connectivity index (χ4n) is 2.87. The van der Waals surface area contributed by atoms with Crippen molar-refractivity contribution in [1.29, 1.82) is 0 Å². The summed E-state index contributed by atoms with van der Waals surface area (Å²) in [6.45, 7) is 1.73. The molecular formula is C20H16O6. The van der Waals surface area contributed by atoms with E-state index in [-0.39, 0.29) is 35.5 Å². The molecule has 0 atom stereocenters. The molecule has 2 aromatic rings. The maximum Gasteiger partial charge on any atom is 0.302 e. The Morgan fingerprint density at radius 1 is 0.769 bits per heavy atom. The Morgan fingerprint density at radius 2 is 1.15 bits per heavy atom. The van der Waals surface area contributed by atoms with Crippen molar-refractivity contribution in [2.45, 2.75) is 13.8 Å². The number of ketones is 2. The minimum atomic E-state index is -0.575. The van der Waals surface area contributed by atoms with Crippen LogP contribution in [-0.2, 0) is 19.1 Å². The molecule has 3 rings (SSSR count). The molecule has 0 fully saturated rings. The molecule has 0 saturated heterocycles. The van der Waals surface area contributed by atoms with Crippen molar-refractivity contribution in [3.63, 3.8) is 0 Å². The van der Waals surface area contributed by atoms with Gasteiger partial charge in [0.1, 0.15) is 13.2 Å². The van der Waals surface area contributed by atoms with Gasteiger partial charge in [-0.2, -0.15) is 0 Å². The molecule has 0 aliphatic heterocycles. The lowest BCUT2D eigenvalue weighted by atomic mass is 9.83. The molecule has 0 heterocycles. The van der Waals surface area contributed by atoms with E-state index in [4.69, 9.17) is 9.47 Å². The molecule has 0 saturated carbocycles. The predicted molar refractivity (Wildman–Crippen MR) is 92.9 cm³/mol. The highest BCUT2D eigenvalue weighted by atomic mass is 16.5. The monoisotopic (exact) mass is 352 g/mol. The summed E-state index contributed by atoms with van der Waals surface area (Å²) in [4.78, 5) is 48.1. The van der Waals surface area contributed by atoms with Crippen molar-refractivity contribution >= 4 is 34.3 Å². The van der Waals surface area contributed by atoms with E-state index in [1.165, 1.54) is 13.8 Å². The van der Waals surface area contributed by atoms with Crippen LogP contribution < -0.4 is 0 Å². The highest BCUT2D eigenvalue weighted by Gasteiger charge is 2.33. The van der Waals surface area contributed by atoms with Crippen LogP contribution in [0.25, 0.3) is 10.8 Å². The largest absolute Gasteiger partial charge is 0.461 e. The Hall–Kier alpha value is -3.28. The lowest BCUT2D eigenvalue weighted by Gasteiger charge is -2.21. The quantitative estimate of drug-likeness (QED) is 0.786. The third-order valence-electron chi connectivity index (χ3n) is 4.13. The molecule has 0 bridgehead atoms. The Balaban J connectivity index is 2.12. The summed E-state index contributed by atoms with van der Waals surface area (Å²) < 4.78 is 9.86. The van der Waals surface area contributed by atoms with Crippen LogP contribution in [0.4, 0.5) is 0 Å². The van der Waals surface area contributed by atoms with E-state index in [1.807, 2.05) is 24.3 Å². The SMILES string of the molecule is CC(=O)OCC1=C(COC(C)=O)C(=O)c2cc3ccccc3cc2C1=O. The average molecular weight is 352 g/mol. The van der Waals surface area contributed by atoms with E-state index >= 15 is 0 Å². The third kappa shape index (κ3) is 3.26. The number of ether oxygens (including phenoxy) is 2. The van der Waals surface area contributed by atoms with Crippen LogP contribution in [0.15, 0.2) is 47.5 Å². The molecular weight excluding hydrogens is 336 g/mol. The lowest BCUT2D eigenvalue weighted by Crippen LogP contribution is -2.28. The van der Waals surface area contributed by atoms with Gasteiger partial charge in [0.05, 0.1) is 0 Å². The molecule has 1 aliphatic carbocycles. The number of esters is 2. The number of rotatable bonds is 4. The van der Waals surface area contributed by atoms with Gasteiger partial charge in [0.2, 0.25) is 0 Å². The van der Waals surface area contributed by atoms with E-state index in [0.717, 1.165) is 10.8 Å². The molecule has 0 unspecified atom stereocenters. The van der Waals surface area contributed by atoms with Crippen LogP contribution in [-0.4, -0.2) is 36.7 Å². The zero-order chi connectivity index (χ0) is 18.8. The Morgan fingerprint density at radius 3 is 1.50 bits per heavy atom. The second kappa shape index (κ2) is 6.92. The Labute approximate surface area is 149 Å². The summed E-state index contributed by atoms with van der Waals surface area (Å²) in [5.41, 5.74) is 0.577. The summed E-state index contributed by atoms with van der Waals surface area (Å²) in [5, 5.41) is 1.64. The van der Waals surface area contributed by atoms with Gasteiger partial charge in [0.25, 0.3) is 0 Å². The summed E-state index contributed by atoms with van der Waals surface area (Å²) >= 11 is 0. The fourth-order valence-corrected chi connectivity index (χ4v) is 2.87. The standard InChI is InChI=1S/C20H16O6/c1-11(21)25-9-17-18(10-26-12(2)22)20(24)16-8-14-6-4-3-5-13(14)7-15(16)19(17)23/h3-8H,9-10H2,1-2H3. The van der Waals surface area contributed by atoms with Gasteiger partial charge in [-0.25, -0.2) is 0 Å². The van der Waals surface area contributed by atoms with Crippen LogP contribution in [0.3, 0.4) is 0 Å². The molecule has 132 valence electrons. The highest BCUT2D eigenvalue weighted by Crippen LogP contribution is 2.30. The molecule has 0 radical (unpaired) electrons. The normalized spacial score (nSPS) is 13.6. The van der Waals surface area contributed by atoms with Gasteiger partial charge >= 0.3 is 11.9 Å². The Bertz CT molecular complexity index is 904. The van der Waals surface area contributed by atoms with Crippen molar-refractivity contribution in [2.24, 2.45) is 0 Å². The summed E-state index contributed by atoms with van der Waals surface area (Å²) in [7, 11) is 0. The van der Waals surface area contributed by atoms with Crippen LogP contribution in [0.5, 0.6) is 0 Å². The van der Waals surface area contributed by atoms with Gasteiger partial charge in [0.15, 0.2) is 11.6 Å². The number of carbonyl (C=O) groups is 4. The number of hydrogen-bond donors (Lipinski definition) is 0. The average Bonchev–Trinajstić information content (AvgIpc) is 2.61. The predicted octanol–water partition coefficient (Wildman–Crippen LogP) is 2.64. The molecule has 0 aromatic heterocycles. The highest BCUT2D eigenvalue weighted by molar-refractivity contribution is 6.28. The molecule has 0 N–H and O–H groups in total. The zero-order valence-corrected chi connectivity index (χ0v) is 14.3. The molecule has 6 heteroatoms. The van der Waals surface area contributed by atoms with Crippen LogP contribution in [0.2, 0.25) is 0 Å². The number of carbonyl (C=O) groups excluding carboxylic acids is 4. The first-order valence-electron chi connectivity index (χ1n) is 7.99. The van der Waals surface area contributed by atoms with E-state index in [9.17, 15) is 19.2 Å². The van der Waals surface area contributed by atoms with Crippen molar-refractivity contribution < 1.29 is 28.7 Å². The van der Waals surface area contributed by atoms with E-state index < -0.39 is 23.5 Å². The summed E-state index contributed by atoms with van der Waals surface area (Å²) in [6.07, 6.45) is 0. The van der Waals surface area contributed by atoms with E-state index in [1.54, 1.807) is 12.1 Å². The lowest BCUT2D eigenvalue weighted by molar-refractivity contribution is -0.141. The maximum absolute atomic E-state index is 12.9. The molecule has 0 amide bonds. The molecule has 6 nitrogen and oxygen atoms in total. The fraction of sp³-hybridized carbons (Fsp3) is 0.200. The summed E-state index contributed by atoms with van der Waals surface area (Å²) in [5.74, 6) is -1.97. The number of Topliss-reactive ketones (excluding diaryl/α,β-unsaturated/α-hetero) is 2. The Kier molecular flexibility index (Phi) is 4.67. The second-order valence-electron chi connectivity index (χ2n) is 5.92. The maximum atomic E-state index is 12.9. The van der Waals surface area contributed by atoms with Crippen molar-refractivity contribution in [2.75, 3.05) is 13.2 Å². The topological polar surface area (TPSA) is 86.7 Å². The third-order valence-corrected chi connectivity index (χ3v) is 4.13. The minimum Gasteiger partial charge on any atom is -0.461 e. The first-order chi connectivity index (χ1) is 12.4. The van der Waals surface area contributed by atoms with Gasteiger partial charge in [-0.3, -0.25) is 19.2 Å². The van der Waals surface area contributed by atoms with Gasteiger partial charge in [-0.05, 0) is 22.9 Å². The summed E-state index contributed by atoms with van der Waals surface area (Å²) in [6, 6.07) is 10.7. The van der Waals surface area contributed by atoms with Gasteiger partial charge < -0.3 is 9.47 Å². The van der Waals surface area contributed by atoms with Crippen LogP contribution >= 0.6 is 0 Å². The molecule has 0 spiro atoms.